The Labute approximate surface area is 152 Å². The van der Waals surface area contributed by atoms with E-state index < -0.39 is 13.6 Å². The van der Waals surface area contributed by atoms with Gasteiger partial charge in [-0.25, -0.2) is 0 Å². The number of ether oxygens (including phenoxy) is 4. The Balaban J connectivity index is 1.67. The molecule has 0 spiro atoms. The Morgan fingerprint density at radius 3 is 2.92 bits per heavy atom. The maximum Gasteiger partial charge on any atom is 0.231 e. The summed E-state index contributed by atoms with van der Waals surface area (Å²) in [5.74, 6) is 1.83. The molecule has 25 heavy (non-hydrogen) atoms. The summed E-state index contributed by atoms with van der Waals surface area (Å²) in [6, 6.07) is 7.45. The third-order valence-corrected chi connectivity index (χ3v) is 4.90. The van der Waals surface area contributed by atoms with Crippen LogP contribution in [0.15, 0.2) is 24.3 Å². The zero-order valence-electron chi connectivity index (χ0n) is 17.7. The average Bonchev–Trinajstić information content (AvgIpc) is 3.12. The van der Waals surface area contributed by atoms with Gasteiger partial charge in [0.25, 0.3) is 0 Å². The molecule has 0 aliphatic carbocycles. The van der Waals surface area contributed by atoms with Crippen molar-refractivity contribution in [2.75, 3.05) is 27.5 Å². The molecule has 0 saturated heterocycles. The Kier molecular flexibility index (Phi) is 2.33. The van der Waals surface area contributed by atoms with Gasteiger partial charge in [0.05, 0.1) is 19.6 Å². The molecule has 3 aliphatic rings. The zero-order chi connectivity index (χ0) is 20.3. The molecule has 128 valence electrons. The number of nitrogens with zero attached hydrogens (tertiary/aromatic N) is 1. The number of rotatable bonds is 2. The van der Waals surface area contributed by atoms with E-state index in [0.29, 0.717) is 23.6 Å². The molecule has 0 fully saturated rings. The number of benzene rings is 2. The largest absolute Gasteiger partial charge is 0.493 e. The van der Waals surface area contributed by atoms with Gasteiger partial charge in [-0.2, -0.15) is 0 Å². The van der Waals surface area contributed by atoms with Crippen LogP contribution in [-0.4, -0.2) is 32.4 Å². The molecule has 1 unspecified atom stereocenters. The summed E-state index contributed by atoms with van der Waals surface area (Å²) in [4.78, 5) is 1.94. The summed E-state index contributed by atoms with van der Waals surface area (Å²) >= 11 is 0. The highest BCUT2D eigenvalue weighted by Gasteiger charge is 2.30. The molecule has 0 amide bonds. The molecule has 2 aromatic carbocycles. The van der Waals surface area contributed by atoms with Gasteiger partial charge in [-0.15, -0.1) is 0 Å². The fourth-order valence-corrected chi connectivity index (χ4v) is 3.66. The van der Waals surface area contributed by atoms with Crippen molar-refractivity contribution in [2.45, 2.75) is 12.9 Å². The normalized spacial score (nSPS) is 22.4. The Morgan fingerprint density at radius 1 is 1.20 bits per heavy atom. The van der Waals surface area contributed by atoms with Crippen molar-refractivity contribution < 1.29 is 24.4 Å². The van der Waals surface area contributed by atoms with E-state index in [9.17, 15) is 0 Å². The number of hydrogen-bond donors (Lipinski definition) is 0. The molecule has 3 aliphatic heterocycles. The zero-order valence-corrected chi connectivity index (χ0v) is 13.7. The fraction of sp³-hybridized carbons (Fsp3) is 0.300. The predicted molar refractivity (Wildman–Crippen MR) is 94.1 cm³/mol. The van der Waals surface area contributed by atoms with Crippen molar-refractivity contribution in [1.82, 2.24) is 4.90 Å². The standard InChI is InChI=1S/C20H19NO4/c1-22-17-4-3-12-7-16-14-9-19-18(24-11-25-19)8-13(14)5-6-21(16)10-15(12)20(17)23-2/h3-4,7-9H,5-6,10-11H2,1-2H3/i2D3,10D. The second-order valence-corrected chi connectivity index (χ2v) is 6.17. The summed E-state index contributed by atoms with van der Waals surface area (Å²) < 4.78 is 53.0. The minimum atomic E-state index is -2.64. The van der Waals surface area contributed by atoms with E-state index in [4.69, 9.17) is 24.4 Å². The van der Waals surface area contributed by atoms with Gasteiger partial charge in [0, 0.05) is 29.9 Å². The van der Waals surface area contributed by atoms with Gasteiger partial charge in [0.1, 0.15) is 0 Å². The van der Waals surface area contributed by atoms with E-state index in [1.54, 1.807) is 6.07 Å². The van der Waals surface area contributed by atoms with E-state index >= 15 is 0 Å². The molecule has 0 saturated carbocycles. The molecule has 0 radical (unpaired) electrons. The molecular formula is C20H19NO4. The molecule has 0 N–H and O–H groups in total. The highest BCUT2D eigenvalue weighted by molar-refractivity contribution is 5.87. The number of hydrogen-bond acceptors (Lipinski definition) is 5. The van der Waals surface area contributed by atoms with Crippen molar-refractivity contribution in [3.05, 3.63) is 46.5 Å². The van der Waals surface area contributed by atoms with Crippen LogP contribution in [0.4, 0.5) is 0 Å². The number of methoxy groups -OCH3 is 2. The quantitative estimate of drug-likeness (QED) is 0.838. The van der Waals surface area contributed by atoms with Crippen LogP contribution >= 0.6 is 0 Å². The third-order valence-electron chi connectivity index (χ3n) is 4.90. The fourth-order valence-electron chi connectivity index (χ4n) is 3.66. The Hall–Kier alpha value is -2.82. The first kappa shape index (κ1) is 10.9. The van der Waals surface area contributed by atoms with Crippen LogP contribution in [0.5, 0.6) is 23.0 Å². The lowest BCUT2D eigenvalue weighted by Gasteiger charge is -2.37. The Morgan fingerprint density at radius 2 is 2.08 bits per heavy atom. The first-order valence-corrected chi connectivity index (χ1v) is 8.09. The lowest BCUT2D eigenvalue weighted by Crippen LogP contribution is -2.31. The predicted octanol–water partition coefficient (Wildman–Crippen LogP) is 3.30. The minimum absolute atomic E-state index is 0.0942. The average molecular weight is 341 g/mol. The summed E-state index contributed by atoms with van der Waals surface area (Å²) in [6.07, 6.45) is 2.71. The van der Waals surface area contributed by atoms with Crippen molar-refractivity contribution in [1.29, 1.82) is 0 Å². The molecular weight excluding hydrogens is 318 g/mol. The maximum absolute atomic E-state index is 8.90. The number of fused-ring (bicyclic) bond motifs is 5. The van der Waals surface area contributed by atoms with E-state index in [0.717, 1.165) is 34.6 Å². The molecule has 3 heterocycles. The molecule has 2 aromatic rings. The van der Waals surface area contributed by atoms with Gasteiger partial charge in [-0.3, -0.25) is 0 Å². The molecule has 0 aromatic heterocycles. The van der Waals surface area contributed by atoms with Gasteiger partial charge in [0.2, 0.25) is 6.79 Å². The van der Waals surface area contributed by atoms with Crippen LogP contribution in [0, 0.1) is 0 Å². The van der Waals surface area contributed by atoms with Gasteiger partial charge < -0.3 is 23.8 Å². The van der Waals surface area contributed by atoms with E-state index in [1.165, 1.54) is 7.11 Å². The monoisotopic (exact) mass is 341 g/mol. The van der Waals surface area contributed by atoms with Gasteiger partial charge in [-0.1, -0.05) is 6.07 Å². The summed E-state index contributed by atoms with van der Waals surface area (Å²) in [7, 11) is -1.19. The summed E-state index contributed by atoms with van der Waals surface area (Å²) in [5, 5.41) is 0. The van der Waals surface area contributed by atoms with Crippen LogP contribution in [0.2, 0.25) is 0 Å². The topological polar surface area (TPSA) is 40.2 Å². The third kappa shape index (κ3) is 2.08. The first-order valence-electron chi connectivity index (χ1n) is 10.2. The van der Waals surface area contributed by atoms with Crippen molar-refractivity contribution in [3.8, 4) is 23.0 Å². The van der Waals surface area contributed by atoms with Crippen molar-refractivity contribution in [2.24, 2.45) is 0 Å². The lowest BCUT2D eigenvalue weighted by atomic mass is 9.90. The van der Waals surface area contributed by atoms with Crippen LogP contribution in [0.25, 0.3) is 11.8 Å². The van der Waals surface area contributed by atoms with Crippen molar-refractivity contribution in [3.63, 3.8) is 0 Å². The molecule has 1 atom stereocenters. The van der Waals surface area contributed by atoms with Gasteiger partial charge in [0.15, 0.2) is 23.0 Å². The summed E-state index contributed by atoms with van der Waals surface area (Å²) in [6.45, 7) is 0.00724. The smallest absolute Gasteiger partial charge is 0.231 e. The van der Waals surface area contributed by atoms with Crippen LogP contribution in [-0.2, 0) is 12.9 Å². The maximum atomic E-state index is 8.90. The molecule has 0 bridgehead atoms. The van der Waals surface area contributed by atoms with E-state index in [-0.39, 0.29) is 12.5 Å². The Bertz CT molecular complexity index is 1030. The highest BCUT2D eigenvalue weighted by Crippen LogP contribution is 2.45. The van der Waals surface area contributed by atoms with Crippen LogP contribution in [0.1, 0.15) is 27.7 Å². The summed E-state index contributed by atoms with van der Waals surface area (Å²) in [5.41, 5.74) is 4.27. The minimum Gasteiger partial charge on any atom is -0.493 e. The second kappa shape index (κ2) is 5.34. The van der Waals surface area contributed by atoms with Crippen molar-refractivity contribution >= 4 is 11.8 Å². The highest BCUT2D eigenvalue weighted by atomic mass is 16.7. The van der Waals surface area contributed by atoms with Gasteiger partial charge >= 0.3 is 0 Å². The van der Waals surface area contributed by atoms with E-state index in [2.05, 4.69) is 0 Å². The van der Waals surface area contributed by atoms with Crippen LogP contribution in [0.3, 0.4) is 0 Å². The van der Waals surface area contributed by atoms with Crippen LogP contribution < -0.4 is 18.9 Å². The lowest BCUT2D eigenvalue weighted by molar-refractivity contribution is 0.174. The van der Waals surface area contributed by atoms with E-state index in [1.807, 2.05) is 29.2 Å². The van der Waals surface area contributed by atoms with Gasteiger partial charge in [-0.05, 0) is 41.8 Å². The molecule has 5 nitrogen and oxygen atoms in total. The molecule has 5 rings (SSSR count). The first-order chi connectivity index (χ1) is 13.9. The molecule has 5 heteroatoms. The second-order valence-electron chi connectivity index (χ2n) is 6.17. The SMILES string of the molecule is [2H]C1c2c(ccc(OC)c2OC([2H])([2H])[2H])C=C2c3cc4c(cc3CCN21)OCO4.